The number of barbiturate groups is 1. The molecule has 1 heterocycles. The first-order valence-corrected chi connectivity index (χ1v) is 12.4. The first-order chi connectivity index (χ1) is 16.7. The molecular weight excluding hydrogens is 600 g/mol. The molecule has 178 valence electrons. The minimum absolute atomic E-state index is 0.184. The summed E-state index contributed by atoms with van der Waals surface area (Å²) in [5.41, 5.74) is 3.32. The molecule has 35 heavy (non-hydrogen) atoms. The third-order valence-electron chi connectivity index (χ3n) is 5.55. The van der Waals surface area contributed by atoms with Gasteiger partial charge in [0.15, 0.2) is 0 Å². The number of imide groups is 2. The van der Waals surface area contributed by atoms with Gasteiger partial charge in [0, 0.05) is 26.0 Å². The van der Waals surface area contributed by atoms with Gasteiger partial charge >= 0.3 is 6.03 Å². The zero-order valence-electron chi connectivity index (χ0n) is 18.7. The van der Waals surface area contributed by atoms with Gasteiger partial charge in [-0.1, -0.05) is 67.7 Å². The summed E-state index contributed by atoms with van der Waals surface area (Å²) in [6.07, 6.45) is 2.03. The van der Waals surface area contributed by atoms with E-state index in [1.54, 1.807) is 38.3 Å². The monoisotopic (exact) mass is 616 g/mol. The number of hydrogen-bond donors (Lipinski definition) is 1. The van der Waals surface area contributed by atoms with E-state index in [-0.39, 0.29) is 5.57 Å². The van der Waals surface area contributed by atoms with Crippen LogP contribution >= 0.6 is 43.5 Å². The maximum absolute atomic E-state index is 13.3. The highest BCUT2D eigenvalue weighted by molar-refractivity contribution is 9.10. The van der Waals surface area contributed by atoms with E-state index >= 15 is 0 Å². The molecule has 0 aliphatic carbocycles. The van der Waals surface area contributed by atoms with Crippen molar-refractivity contribution in [2.75, 3.05) is 12.0 Å². The number of aryl methyl sites for hydroxylation is 1. The Balaban J connectivity index is 1.73. The summed E-state index contributed by atoms with van der Waals surface area (Å²) in [6, 6.07) is 15.5. The Morgan fingerprint density at radius 1 is 1.03 bits per heavy atom. The zero-order valence-corrected chi connectivity index (χ0v) is 22.6. The molecule has 4 amide bonds. The fraction of sp³-hybridized carbons (Fsp3) is 0.115. The third kappa shape index (κ3) is 5.19. The van der Waals surface area contributed by atoms with Gasteiger partial charge in [0.05, 0.1) is 12.8 Å². The number of halogens is 3. The van der Waals surface area contributed by atoms with Crippen molar-refractivity contribution in [1.29, 1.82) is 0 Å². The van der Waals surface area contributed by atoms with E-state index in [0.29, 0.717) is 34.0 Å². The number of benzene rings is 3. The molecule has 3 aromatic rings. The average Bonchev–Trinajstić information content (AvgIpc) is 2.81. The molecular formula is C26H19Br2ClN2O4. The fourth-order valence-corrected chi connectivity index (χ4v) is 4.96. The van der Waals surface area contributed by atoms with Crippen LogP contribution in [0.4, 0.5) is 10.5 Å². The summed E-state index contributed by atoms with van der Waals surface area (Å²) in [7, 11) is 1.56. The van der Waals surface area contributed by atoms with Crippen molar-refractivity contribution in [2.24, 2.45) is 0 Å². The van der Waals surface area contributed by atoms with Gasteiger partial charge in [0.25, 0.3) is 11.8 Å². The van der Waals surface area contributed by atoms with E-state index < -0.39 is 17.8 Å². The summed E-state index contributed by atoms with van der Waals surface area (Å²) in [5, 5.41) is 2.60. The smallest absolute Gasteiger partial charge is 0.335 e. The number of anilines is 1. The Bertz CT molecular complexity index is 1400. The molecule has 0 unspecified atom stereocenters. The number of methoxy groups -OCH3 is 1. The molecule has 1 N–H and O–H groups in total. The number of carbonyl (C=O) groups is 3. The second-order valence-electron chi connectivity index (χ2n) is 7.84. The third-order valence-corrected chi connectivity index (χ3v) is 7.26. The van der Waals surface area contributed by atoms with Crippen LogP contribution in [0.15, 0.2) is 69.1 Å². The lowest BCUT2D eigenvalue weighted by Crippen LogP contribution is -2.54. The van der Waals surface area contributed by atoms with E-state index in [1.165, 1.54) is 12.1 Å². The number of nitrogens with one attached hydrogen (secondary N) is 1. The van der Waals surface area contributed by atoms with Crippen molar-refractivity contribution in [3.8, 4) is 5.75 Å². The topological polar surface area (TPSA) is 75.7 Å². The van der Waals surface area contributed by atoms with Gasteiger partial charge in [-0.15, -0.1) is 0 Å². The van der Waals surface area contributed by atoms with Gasteiger partial charge in [-0.3, -0.25) is 14.9 Å². The van der Waals surface area contributed by atoms with Crippen molar-refractivity contribution >= 4 is 73.1 Å². The van der Waals surface area contributed by atoms with E-state index in [4.69, 9.17) is 16.3 Å². The molecule has 1 saturated heterocycles. The molecule has 6 nitrogen and oxygen atoms in total. The minimum atomic E-state index is -0.829. The lowest BCUT2D eigenvalue weighted by molar-refractivity contribution is -0.122. The van der Waals surface area contributed by atoms with Gasteiger partial charge in [0.1, 0.15) is 11.3 Å². The van der Waals surface area contributed by atoms with E-state index in [2.05, 4.69) is 37.2 Å². The highest BCUT2D eigenvalue weighted by atomic mass is 79.9. The molecule has 9 heteroatoms. The van der Waals surface area contributed by atoms with Crippen LogP contribution in [-0.2, 0) is 16.0 Å². The molecule has 3 aromatic carbocycles. The molecule has 1 aliphatic rings. The summed E-state index contributed by atoms with van der Waals surface area (Å²) >= 11 is 13.3. The number of hydrogen-bond acceptors (Lipinski definition) is 4. The van der Waals surface area contributed by atoms with Crippen LogP contribution in [0.3, 0.4) is 0 Å². The maximum atomic E-state index is 13.3. The molecule has 0 atom stereocenters. The van der Waals surface area contributed by atoms with Crippen molar-refractivity contribution in [3.05, 3.63) is 96.4 Å². The maximum Gasteiger partial charge on any atom is 0.335 e. The Morgan fingerprint density at radius 3 is 2.49 bits per heavy atom. The second kappa shape index (κ2) is 10.4. The van der Waals surface area contributed by atoms with Crippen LogP contribution in [0.2, 0.25) is 5.02 Å². The van der Waals surface area contributed by atoms with Crippen LogP contribution < -0.4 is 15.0 Å². The molecule has 0 spiro atoms. The standard InChI is InChI=1S/C26H19Br2ClN2O4/c1-14-7-8-17(29)13-22(14)31-25(33)19(24(32)30-26(31)34)9-15-10-21(28)18(23(11-15)35-2)12-16-5-3-4-6-20(16)27/h3-11,13H,12H2,1-2H3,(H,30,32,34)/b19-9+. The van der Waals surface area contributed by atoms with Crippen LogP contribution in [0.25, 0.3) is 6.08 Å². The van der Waals surface area contributed by atoms with Crippen molar-refractivity contribution in [1.82, 2.24) is 5.32 Å². The van der Waals surface area contributed by atoms with Gasteiger partial charge in [-0.2, -0.15) is 0 Å². The van der Waals surface area contributed by atoms with E-state index in [9.17, 15) is 14.4 Å². The van der Waals surface area contributed by atoms with Crippen molar-refractivity contribution in [2.45, 2.75) is 13.3 Å². The molecule has 1 fully saturated rings. The Labute approximate surface area is 224 Å². The SMILES string of the molecule is COc1cc(/C=C2\C(=O)NC(=O)N(c3cc(Cl)ccc3C)C2=O)cc(Br)c1Cc1ccccc1Br. The van der Waals surface area contributed by atoms with Crippen LogP contribution in [0.5, 0.6) is 5.75 Å². The van der Waals surface area contributed by atoms with Gasteiger partial charge in [-0.25, -0.2) is 9.69 Å². The number of urea groups is 1. The molecule has 0 aromatic heterocycles. The highest BCUT2D eigenvalue weighted by Gasteiger charge is 2.37. The van der Waals surface area contributed by atoms with Gasteiger partial charge in [0.2, 0.25) is 0 Å². The second-order valence-corrected chi connectivity index (χ2v) is 9.99. The predicted octanol–water partition coefficient (Wildman–Crippen LogP) is 6.44. The summed E-state index contributed by atoms with van der Waals surface area (Å²) in [5.74, 6) is -0.927. The quantitative estimate of drug-likeness (QED) is 0.264. The predicted molar refractivity (Wildman–Crippen MR) is 143 cm³/mol. The molecule has 0 bridgehead atoms. The number of rotatable bonds is 5. The summed E-state index contributed by atoms with van der Waals surface area (Å²) in [4.78, 5) is 39.4. The Hall–Kier alpha value is -2.94. The number of nitrogens with zero attached hydrogens (tertiary/aromatic N) is 1. The van der Waals surface area contributed by atoms with Gasteiger partial charge in [-0.05, 0) is 60.0 Å². The largest absolute Gasteiger partial charge is 0.496 e. The lowest BCUT2D eigenvalue weighted by Gasteiger charge is -2.27. The number of amides is 4. The zero-order chi connectivity index (χ0) is 25.3. The average molecular weight is 619 g/mol. The minimum Gasteiger partial charge on any atom is -0.496 e. The number of carbonyl (C=O) groups excluding carboxylic acids is 3. The highest BCUT2D eigenvalue weighted by Crippen LogP contribution is 2.34. The lowest BCUT2D eigenvalue weighted by atomic mass is 10.0. The van der Waals surface area contributed by atoms with E-state index in [0.717, 1.165) is 25.0 Å². The molecule has 1 aliphatic heterocycles. The number of ether oxygens (including phenoxy) is 1. The first-order valence-electron chi connectivity index (χ1n) is 10.5. The summed E-state index contributed by atoms with van der Waals surface area (Å²) < 4.78 is 7.35. The first kappa shape index (κ1) is 25.2. The van der Waals surface area contributed by atoms with E-state index in [1.807, 2.05) is 24.3 Å². The Kier molecular flexibility index (Phi) is 7.44. The van der Waals surface area contributed by atoms with Crippen molar-refractivity contribution < 1.29 is 19.1 Å². The molecule has 0 radical (unpaired) electrons. The fourth-order valence-electron chi connectivity index (χ4n) is 3.77. The van der Waals surface area contributed by atoms with Gasteiger partial charge < -0.3 is 4.74 Å². The normalized spacial score (nSPS) is 14.9. The molecule has 0 saturated carbocycles. The van der Waals surface area contributed by atoms with Crippen molar-refractivity contribution in [3.63, 3.8) is 0 Å². The molecule has 4 rings (SSSR count). The van der Waals surface area contributed by atoms with Crippen LogP contribution in [-0.4, -0.2) is 25.0 Å². The van der Waals surface area contributed by atoms with Crippen LogP contribution in [0, 0.1) is 6.92 Å². The summed E-state index contributed by atoms with van der Waals surface area (Å²) in [6.45, 7) is 1.75. The Morgan fingerprint density at radius 2 is 1.77 bits per heavy atom. The van der Waals surface area contributed by atoms with Crippen LogP contribution in [0.1, 0.15) is 22.3 Å².